The van der Waals surface area contributed by atoms with E-state index in [2.05, 4.69) is 20.7 Å². The van der Waals surface area contributed by atoms with Crippen molar-refractivity contribution < 1.29 is 13.2 Å². The van der Waals surface area contributed by atoms with E-state index in [1.54, 1.807) is 31.3 Å². The monoisotopic (exact) mass is 428 g/mol. The van der Waals surface area contributed by atoms with Crippen molar-refractivity contribution in [1.82, 2.24) is 4.57 Å². The number of fused-ring (bicyclic) bond motifs is 1. The van der Waals surface area contributed by atoms with Gasteiger partial charge in [-0.05, 0) is 52.3 Å². The number of halogens is 1. The lowest BCUT2D eigenvalue weighted by atomic mass is 10.3. The molecule has 0 fully saturated rings. The number of anilines is 1. The highest BCUT2D eigenvalue weighted by Crippen LogP contribution is 2.29. The van der Waals surface area contributed by atoms with Crippen LogP contribution < -0.4 is 14.3 Å². The number of hydrogen-bond acceptors (Lipinski definition) is 5. The Morgan fingerprint density at radius 3 is 2.62 bits per heavy atom. The summed E-state index contributed by atoms with van der Waals surface area (Å²) in [6, 6.07) is 9.51. The van der Waals surface area contributed by atoms with Crippen LogP contribution >= 0.6 is 27.3 Å². The highest BCUT2D eigenvalue weighted by atomic mass is 79.9. The second-order valence-corrected chi connectivity index (χ2v) is 8.54. The van der Waals surface area contributed by atoms with Gasteiger partial charge in [-0.3, -0.25) is 9.52 Å². The fourth-order valence-corrected chi connectivity index (χ4v) is 4.91. The number of sulfonamides is 1. The van der Waals surface area contributed by atoms with E-state index >= 15 is 0 Å². The molecular formula is C15H13BrN2O4S2. The molecule has 0 saturated carbocycles. The van der Waals surface area contributed by atoms with E-state index in [9.17, 15) is 13.2 Å². The van der Waals surface area contributed by atoms with E-state index < -0.39 is 10.0 Å². The van der Waals surface area contributed by atoms with Crippen LogP contribution in [0.25, 0.3) is 10.2 Å². The van der Waals surface area contributed by atoms with Crippen molar-refractivity contribution in [1.29, 1.82) is 0 Å². The second kappa shape index (κ2) is 6.23. The highest BCUT2D eigenvalue weighted by molar-refractivity contribution is 9.10. The van der Waals surface area contributed by atoms with Gasteiger partial charge in [0.05, 0.1) is 32.4 Å². The zero-order valence-corrected chi connectivity index (χ0v) is 16.0. The smallest absolute Gasteiger partial charge is 0.307 e. The molecule has 1 aromatic heterocycles. The van der Waals surface area contributed by atoms with Gasteiger partial charge in [0, 0.05) is 7.05 Å². The van der Waals surface area contributed by atoms with Crippen molar-refractivity contribution in [2.45, 2.75) is 4.90 Å². The van der Waals surface area contributed by atoms with Crippen molar-refractivity contribution in [2.24, 2.45) is 7.05 Å². The van der Waals surface area contributed by atoms with Gasteiger partial charge in [0.25, 0.3) is 10.0 Å². The van der Waals surface area contributed by atoms with E-state index in [0.717, 1.165) is 21.6 Å². The number of nitrogens with one attached hydrogen (secondary N) is 1. The molecule has 6 nitrogen and oxygen atoms in total. The molecule has 9 heteroatoms. The van der Waals surface area contributed by atoms with Crippen LogP contribution in [0.2, 0.25) is 0 Å². The van der Waals surface area contributed by atoms with Crippen LogP contribution in [0.4, 0.5) is 5.69 Å². The van der Waals surface area contributed by atoms with Gasteiger partial charge in [0.15, 0.2) is 0 Å². The number of ether oxygens (including phenoxy) is 1. The fourth-order valence-electron chi connectivity index (χ4n) is 2.23. The first-order valence-electron chi connectivity index (χ1n) is 6.78. The van der Waals surface area contributed by atoms with Crippen molar-refractivity contribution in [3.63, 3.8) is 0 Å². The largest absolute Gasteiger partial charge is 0.496 e. The molecule has 126 valence electrons. The van der Waals surface area contributed by atoms with Crippen molar-refractivity contribution >= 4 is 53.2 Å². The van der Waals surface area contributed by atoms with Crippen LogP contribution in [0.15, 0.2) is 50.6 Å². The molecule has 0 unspecified atom stereocenters. The molecular weight excluding hydrogens is 416 g/mol. The SMILES string of the molecule is COc1ccc(S(=O)(=O)Nc2ccc3c(c2)sc(=O)n3C)cc1Br. The molecule has 1 N–H and O–H groups in total. The lowest BCUT2D eigenvalue weighted by Crippen LogP contribution is -2.13. The summed E-state index contributed by atoms with van der Waals surface area (Å²) in [5, 5.41) is 0. The first kappa shape index (κ1) is 17.0. The molecule has 0 bridgehead atoms. The van der Waals surface area contributed by atoms with E-state index in [4.69, 9.17) is 4.74 Å². The van der Waals surface area contributed by atoms with Crippen LogP contribution in [0.3, 0.4) is 0 Å². The number of thiazole rings is 1. The summed E-state index contributed by atoms with van der Waals surface area (Å²) in [6.45, 7) is 0. The zero-order chi connectivity index (χ0) is 17.5. The molecule has 24 heavy (non-hydrogen) atoms. The number of benzene rings is 2. The molecule has 0 radical (unpaired) electrons. The second-order valence-electron chi connectivity index (χ2n) is 5.01. The molecule has 0 aliphatic rings. The molecule has 0 spiro atoms. The number of aromatic nitrogens is 1. The summed E-state index contributed by atoms with van der Waals surface area (Å²) < 4.78 is 35.5. The summed E-state index contributed by atoms with van der Waals surface area (Å²) in [5.74, 6) is 0.546. The Kier molecular flexibility index (Phi) is 4.41. The van der Waals surface area contributed by atoms with Crippen LogP contribution in [-0.4, -0.2) is 20.1 Å². The topological polar surface area (TPSA) is 77.4 Å². The van der Waals surface area contributed by atoms with Crippen LogP contribution in [0.1, 0.15) is 0 Å². The Balaban J connectivity index is 1.97. The maximum absolute atomic E-state index is 12.5. The Labute approximate surface area is 150 Å². The van der Waals surface area contributed by atoms with Crippen molar-refractivity contribution in [3.8, 4) is 5.75 Å². The maximum Gasteiger partial charge on any atom is 0.307 e. The zero-order valence-electron chi connectivity index (χ0n) is 12.7. The predicted octanol–water partition coefficient (Wildman–Crippen LogP) is 3.17. The standard InChI is InChI=1S/C15H13BrN2O4S2/c1-18-12-5-3-9(7-14(12)23-15(18)19)17-24(20,21)10-4-6-13(22-2)11(16)8-10/h3-8,17H,1-2H3. The normalized spacial score (nSPS) is 11.6. The third-order valence-corrected chi connectivity index (χ3v) is 6.47. The average Bonchev–Trinajstić information content (AvgIpc) is 2.81. The Hall–Kier alpha value is -1.84. The molecule has 3 rings (SSSR count). The van der Waals surface area contributed by atoms with E-state index in [0.29, 0.717) is 15.9 Å². The highest BCUT2D eigenvalue weighted by Gasteiger charge is 2.17. The summed E-state index contributed by atoms with van der Waals surface area (Å²) in [6.07, 6.45) is 0. The maximum atomic E-state index is 12.5. The molecule has 0 aliphatic heterocycles. The van der Waals surface area contributed by atoms with Gasteiger partial charge in [-0.1, -0.05) is 11.3 Å². The van der Waals surface area contributed by atoms with Gasteiger partial charge in [-0.15, -0.1) is 0 Å². The number of nitrogens with zero attached hydrogens (tertiary/aromatic N) is 1. The van der Waals surface area contributed by atoms with E-state index in [1.165, 1.54) is 23.8 Å². The van der Waals surface area contributed by atoms with E-state index in [-0.39, 0.29) is 9.77 Å². The third kappa shape index (κ3) is 3.06. The minimum absolute atomic E-state index is 0.0934. The summed E-state index contributed by atoms with van der Waals surface area (Å²) in [5.41, 5.74) is 1.16. The molecule has 0 amide bonds. The lowest BCUT2D eigenvalue weighted by molar-refractivity contribution is 0.411. The number of hydrogen-bond donors (Lipinski definition) is 1. The average molecular weight is 429 g/mol. The van der Waals surface area contributed by atoms with Crippen LogP contribution in [-0.2, 0) is 17.1 Å². The number of aryl methyl sites for hydroxylation is 1. The van der Waals surface area contributed by atoms with Crippen LogP contribution in [0, 0.1) is 0 Å². The molecule has 0 saturated heterocycles. The Morgan fingerprint density at radius 2 is 1.96 bits per heavy atom. The van der Waals surface area contributed by atoms with Crippen molar-refractivity contribution in [3.05, 3.63) is 50.5 Å². The first-order chi connectivity index (χ1) is 11.3. The van der Waals surface area contributed by atoms with Crippen molar-refractivity contribution in [2.75, 3.05) is 11.8 Å². The Morgan fingerprint density at radius 1 is 1.21 bits per heavy atom. The first-order valence-corrected chi connectivity index (χ1v) is 9.87. The molecule has 2 aromatic carbocycles. The van der Waals surface area contributed by atoms with Gasteiger partial charge in [0.1, 0.15) is 5.75 Å². The fraction of sp³-hybridized carbons (Fsp3) is 0.133. The molecule has 0 aliphatic carbocycles. The summed E-state index contributed by atoms with van der Waals surface area (Å²) in [7, 11) is -0.561. The predicted molar refractivity (Wildman–Crippen MR) is 98.6 cm³/mol. The lowest BCUT2D eigenvalue weighted by Gasteiger charge is -2.10. The number of methoxy groups -OCH3 is 1. The van der Waals surface area contributed by atoms with E-state index in [1.807, 2.05) is 0 Å². The van der Waals surface area contributed by atoms with Gasteiger partial charge in [-0.2, -0.15) is 0 Å². The molecule has 1 heterocycles. The minimum atomic E-state index is -3.75. The van der Waals surface area contributed by atoms with Crippen LogP contribution in [0.5, 0.6) is 5.75 Å². The van der Waals surface area contributed by atoms with Gasteiger partial charge in [-0.25, -0.2) is 8.42 Å². The summed E-state index contributed by atoms with van der Waals surface area (Å²) >= 11 is 4.35. The quantitative estimate of drug-likeness (QED) is 0.691. The molecule has 0 atom stereocenters. The van der Waals surface area contributed by atoms with Gasteiger partial charge < -0.3 is 9.30 Å². The molecule has 3 aromatic rings. The van der Waals surface area contributed by atoms with Gasteiger partial charge in [0.2, 0.25) is 0 Å². The third-order valence-electron chi connectivity index (χ3n) is 3.48. The Bertz CT molecular complexity index is 1090. The number of rotatable bonds is 4. The van der Waals surface area contributed by atoms with Gasteiger partial charge >= 0.3 is 4.87 Å². The minimum Gasteiger partial charge on any atom is -0.496 e. The summed E-state index contributed by atoms with van der Waals surface area (Å²) in [4.78, 5) is 11.7.